The number of alkyl halides is 3. The first-order valence-electron chi connectivity index (χ1n) is 8.97. The van der Waals surface area contributed by atoms with Gasteiger partial charge in [-0.25, -0.2) is 9.59 Å². The normalized spacial score (nSPS) is 11.1. The lowest BCUT2D eigenvalue weighted by atomic mass is 9.94. The predicted octanol–water partition coefficient (Wildman–Crippen LogP) is 3.74. The van der Waals surface area contributed by atoms with E-state index in [0.29, 0.717) is 6.07 Å². The molecule has 3 rings (SSSR count). The molecule has 0 aliphatic carbocycles. The van der Waals surface area contributed by atoms with Gasteiger partial charge in [-0.1, -0.05) is 6.07 Å². The summed E-state index contributed by atoms with van der Waals surface area (Å²) in [6.45, 7) is 0. The summed E-state index contributed by atoms with van der Waals surface area (Å²) in [5.74, 6) is -5.32. The van der Waals surface area contributed by atoms with Gasteiger partial charge in [-0.15, -0.1) is 0 Å². The van der Waals surface area contributed by atoms with E-state index in [2.05, 4.69) is 0 Å². The Morgan fingerprint density at radius 3 is 2.26 bits per heavy atom. The Kier molecular flexibility index (Phi) is 5.99. The highest BCUT2D eigenvalue weighted by Crippen LogP contribution is 2.41. The van der Waals surface area contributed by atoms with Crippen LogP contribution in [0, 0.1) is 10.1 Å². The quantitative estimate of drug-likeness (QED) is 0.302. The number of nitrogen functional groups attached to an aromatic ring is 1. The van der Waals surface area contributed by atoms with Gasteiger partial charge in [-0.05, 0) is 24.3 Å². The topological polar surface area (TPSA) is 186 Å². The molecule has 0 radical (unpaired) electrons. The second kappa shape index (κ2) is 8.57. The van der Waals surface area contributed by atoms with Gasteiger partial charge in [0.25, 0.3) is 11.2 Å². The van der Waals surface area contributed by atoms with Gasteiger partial charge >= 0.3 is 18.1 Å². The molecule has 0 amide bonds. The molecule has 0 spiro atoms. The van der Waals surface area contributed by atoms with Crippen molar-refractivity contribution in [2.24, 2.45) is 0 Å². The van der Waals surface area contributed by atoms with Crippen LogP contribution in [0.3, 0.4) is 0 Å². The minimum absolute atomic E-state index is 0.406. The summed E-state index contributed by atoms with van der Waals surface area (Å²) in [5, 5.41) is 30.4. The first kappa shape index (κ1) is 23.8. The van der Waals surface area contributed by atoms with Crippen LogP contribution in [0.15, 0.2) is 47.3 Å². The monoisotopic (exact) mass is 479 g/mol. The highest BCUT2D eigenvalue weighted by molar-refractivity contribution is 6.08. The van der Waals surface area contributed by atoms with Crippen molar-refractivity contribution in [3.05, 3.63) is 79.6 Å². The number of carbonyl (C=O) groups is 2. The minimum Gasteiger partial charge on any atom is -0.478 e. The molecule has 11 nitrogen and oxygen atoms in total. The first-order chi connectivity index (χ1) is 15.8. The molecule has 0 bridgehead atoms. The third kappa shape index (κ3) is 4.50. The fraction of sp³-hybridized carbons (Fsp3) is 0.0500. The van der Waals surface area contributed by atoms with Crippen molar-refractivity contribution in [1.82, 2.24) is 4.98 Å². The Hall–Kier alpha value is -4.88. The number of carboxylic acids is 2. The molecule has 0 aliphatic heterocycles. The Morgan fingerprint density at radius 2 is 1.71 bits per heavy atom. The van der Waals surface area contributed by atoms with E-state index in [1.54, 1.807) is 0 Å². The van der Waals surface area contributed by atoms with Crippen LogP contribution in [0.2, 0.25) is 0 Å². The molecular weight excluding hydrogens is 467 g/mol. The second-order valence-corrected chi connectivity index (χ2v) is 6.67. The van der Waals surface area contributed by atoms with Crippen molar-refractivity contribution >= 4 is 23.4 Å². The number of halogens is 3. The molecule has 0 saturated heterocycles. The number of pyridine rings is 1. The summed E-state index contributed by atoms with van der Waals surface area (Å²) in [4.78, 5) is 48.2. The highest BCUT2D eigenvalue weighted by atomic mass is 19.4. The number of H-pyrrole nitrogens is 1. The third-order valence-electron chi connectivity index (χ3n) is 4.50. The number of nitrogens with one attached hydrogen (secondary N) is 1. The summed E-state index contributed by atoms with van der Waals surface area (Å²) >= 11 is 0. The molecule has 0 saturated carbocycles. The van der Waals surface area contributed by atoms with Crippen molar-refractivity contribution in [3.8, 4) is 22.6 Å². The van der Waals surface area contributed by atoms with Gasteiger partial charge in [0.1, 0.15) is 28.4 Å². The average Bonchev–Trinajstić information content (AvgIpc) is 2.72. The number of aromatic carboxylic acids is 2. The number of aromatic nitrogens is 1. The van der Waals surface area contributed by atoms with Crippen LogP contribution in [0.25, 0.3) is 11.1 Å². The fourth-order valence-corrected chi connectivity index (χ4v) is 3.09. The van der Waals surface area contributed by atoms with Crippen LogP contribution in [0.5, 0.6) is 11.5 Å². The Labute approximate surface area is 186 Å². The number of hydrogen-bond donors (Lipinski definition) is 4. The molecule has 0 aliphatic rings. The van der Waals surface area contributed by atoms with Crippen LogP contribution in [-0.2, 0) is 6.18 Å². The molecule has 0 atom stereocenters. The number of non-ortho nitro benzene ring substituents is 1. The number of nitrogens with zero attached hydrogens (tertiary/aromatic N) is 1. The van der Waals surface area contributed by atoms with E-state index in [0.717, 1.165) is 36.4 Å². The minimum atomic E-state index is -4.73. The number of carboxylic acid groups (broad SMARTS) is 2. The van der Waals surface area contributed by atoms with E-state index in [-0.39, 0.29) is 0 Å². The number of nitrogens with two attached hydrogens (primary N) is 1. The lowest BCUT2D eigenvalue weighted by Crippen LogP contribution is -2.24. The average molecular weight is 479 g/mol. The van der Waals surface area contributed by atoms with Crippen molar-refractivity contribution in [2.75, 3.05) is 5.73 Å². The van der Waals surface area contributed by atoms with Gasteiger partial charge in [0, 0.05) is 23.3 Å². The number of nitro benzene ring substituents is 1. The SMILES string of the molecule is Nc1[nH]c(=O)c(C(=O)O)c(-c2cc([N+](=O)[O-])ccc2Oc2cccc(C(F)(F)F)c2)c1C(=O)O. The smallest absolute Gasteiger partial charge is 0.416 e. The zero-order valence-electron chi connectivity index (χ0n) is 16.5. The molecule has 14 heteroatoms. The van der Waals surface area contributed by atoms with Crippen LogP contribution in [-0.4, -0.2) is 32.1 Å². The number of anilines is 1. The van der Waals surface area contributed by atoms with Crippen molar-refractivity contribution in [1.29, 1.82) is 0 Å². The molecular formula is C20H12F3N3O8. The molecule has 5 N–H and O–H groups in total. The second-order valence-electron chi connectivity index (χ2n) is 6.67. The summed E-state index contributed by atoms with van der Waals surface area (Å²) < 4.78 is 44.6. The Balaban J connectivity index is 2.37. The molecule has 2 aromatic carbocycles. The zero-order valence-corrected chi connectivity index (χ0v) is 16.5. The van der Waals surface area contributed by atoms with Gasteiger partial charge in [-0.2, -0.15) is 13.2 Å². The maximum absolute atomic E-state index is 13.1. The standard InChI is InChI=1S/C20H12F3N3O8/c21-20(22,23)8-2-1-3-10(6-8)34-12-5-4-9(26(32)33)7-11(12)13-14(18(28)29)16(24)25-17(27)15(13)19(30)31/h1-7H,(H,28,29)(H,30,31)(H3,24,25,27). The summed E-state index contributed by atoms with van der Waals surface area (Å²) in [5.41, 5.74) is -0.927. The van der Waals surface area contributed by atoms with Gasteiger partial charge in [0.2, 0.25) is 0 Å². The van der Waals surface area contributed by atoms with E-state index in [4.69, 9.17) is 10.5 Å². The zero-order chi connectivity index (χ0) is 25.4. The molecule has 0 fully saturated rings. The molecule has 1 aromatic heterocycles. The van der Waals surface area contributed by atoms with Crippen LogP contribution in [0.1, 0.15) is 26.3 Å². The van der Waals surface area contributed by atoms with Crippen molar-refractivity contribution in [2.45, 2.75) is 6.18 Å². The number of nitro groups is 1. The van der Waals surface area contributed by atoms with Gasteiger partial charge in [0.15, 0.2) is 0 Å². The van der Waals surface area contributed by atoms with Crippen LogP contribution in [0.4, 0.5) is 24.7 Å². The van der Waals surface area contributed by atoms with E-state index in [1.165, 1.54) is 0 Å². The van der Waals surface area contributed by atoms with E-state index < -0.39 is 79.4 Å². The lowest BCUT2D eigenvalue weighted by molar-refractivity contribution is -0.384. The molecule has 34 heavy (non-hydrogen) atoms. The first-order valence-corrected chi connectivity index (χ1v) is 8.97. The molecule has 0 unspecified atom stereocenters. The number of ether oxygens (including phenoxy) is 1. The van der Waals surface area contributed by atoms with Gasteiger partial charge in [0.05, 0.1) is 10.5 Å². The number of rotatable bonds is 6. The van der Waals surface area contributed by atoms with E-state index in [1.807, 2.05) is 4.98 Å². The lowest BCUT2D eigenvalue weighted by Gasteiger charge is -2.16. The summed E-state index contributed by atoms with van der Waals surface area (Å²) in [7, 11) is 0. The maximum Gasteiger partial charge on any atom is 0.416 e. The fourth-order valence-electron chi connectivity index (χ4n) is 3.09. The Morgan fingerprint density at radius 1 is 1.06 bits per heavy atom. The highest BCUT2D eigenvalue weighted by Gasteiger charge is 2.32. The van der Waals surface area contributed by atoms with Gasteiger partial charge < -0.3 is 25.7 Å². The molecule has 176 valence electrons. The maximum atomic E-state index is 13.1. The van der Waals surface area contributed by atoms with E-state index in [9.17, 15) is 47.9 Å². The molecule has 1 heterocycles. The van der Waals surface area contributed by atoms with Gasteiger partial charge in [-0.3, -0.25) is 14.9 Å². The summed E-state index contributed by atoms with van der Waals surface area (Å²) in [6, 6.07) is 6.02. The van der Waals surface area contributed by atoms with Crippen molar-refractivity contribution < 1.29 is 42.6 Å². The largest absolute Gasteiger partial charge is 0.478 e. The third-order valence-corrected chi connectivity index (χ3v) is 4.50. The van der Waals surface area contributed by atoms with Crippen LogP contribution < -0.4 is 16.0 Å². The van der Waals surface area contributed by atoms with E-state index >= 15 is 0 Å². The summed E-state index contributed by atoms with van der Waals surface area (Å²) in [6.07, 6.45) is -4.73. The van der Waals surface area contributed by atoms with Crippen molar-refractivity contribution in [3.63, 3.8) is 0 Å². The number of hydrogen-bond acceptors (Lipinski definition) is 7. The molecule has 3 aromatic rings. The number of aromatic amines is 1. The van der Waals surface area contributed by atoms with Crippen LogP contribution >= 0.6 is 0 Å². The number of benzene rings is 2. The predicted molar refractivity (Wildman–Crippen MR) is 109 cm³/mol. The Bertz CT molecular complexity index is 1400.